The zero-order chi connectivity index (χ0) is 53.2. The van der Waals surface area contributed by atoms with Crippen LogP contribution in [0.15, 0.2) is 12.8 Å². The fourth-order valence-electron chi connectivity index (χ4n) is 7.90. The predicted molar refractivity (Wildman–Crippen MR) is 236 cm³/mol. The van der Waals surface area contributed by atoms with Crippen LogP contribution in [-0.2, 0) is 57.1 Å². The minimum Gasteiger partial charge on any atom is -0.394 e. The number of carbonyl (C=O) groups excluding carboxylic acids is 4. The first kappa shape index (κ1) is 61.3. The van der Waals surface area contributed by atoms with E-state index in [4.69, 9.17) is 37.9 Å². The minimum absolute atomic E-state index is 0.131. The van der Waals surface area contributed by atoms with E-state index in [9.17, 15) is 85.6 Å². The number of hydrogen-bond donors (Lipinski definition) is 17. The summed E-state index contributed by atoms with van der Waals surface area (Å²) in [6, 6.07) is 0. The Morgan fingerprint density at radius 2 is 0.972 bits per heavy atom. The molecule has 4 aliphatic rings. The average molecular weight is 1050 g/mol. The number of unbranched alkanes of at least 4 members (excludes halogenated alkanes) is 2. The molecular formula is C42H73N5O25. The van der Waals surface area contributed by atoms with E-state index in [1.807, 2.05) is 0 Å². The Morgan fingerprint density at radius 3 is 1.50 bits per heavy atom. The van der Waals surface area contributed by atoms with Crippen molar-refractivity contribution in [2.75, 3.05) is 72.3 Å². The van der Waals surface area contributed by atoms with E-state index in [-0.39, 0.29) is 38.6 Å². The van der Waals surface area contributed by atoms with E-state index < -0.39 is 187 Å². The highest BCUT2D eigenvalue weighted by Gasteiger charge is 2.52. The molecule has 0 unspecified atom stereocenters. The van der Waals surface area contributed by atoms with Crippen molar-refractivity contribution in [1.29, 1.82) is 0 Å². The van der Waals surface area contributed by atoms with Crippen molar-refractivity contribution in [3.63, 3.8) is 0 Å². The molecule has 0 bridgehead atoms. The first-order valence-corrected chi connectivity index (χ1v) is 23.5. The fraction of sp³-hybridized carbons (Fsp3) is 0.857. The molecule has 20 atom stereocenters. The highest BCUT2D eigenvalue weighted by Crippen LogP contribution is 2.31. The van der Waals surface area contributed by atoms with Gasteiger partial charge in [-0.2, -0.15) is 0 Å². The third kappa shape index (κ3) is 17.7. The van der Waals surface area contributed by atoms with E-state index >= 15 is 0 Å². The van der Waals surface area contributed by atoms with Gasteiger partial charge in [0.05, 0.1) is 58.8 Å². The molecule has 30 nitrogen and oxygen atoms in total. The number of rotatable bonds is 28. The first-order valence-electron chi connectivity index (χ1n) is 23.5. The fourth-order valence-corrected chi connectivity index (χ4v) is 7.90. The molecule has 4 saturated heterocycles. The Labute approximate surface area is 413 Å². The van der Waals surface area contributed by atoms with Gasteiger partial charge in [-0.3, -0.25) is 24.1 Å². The lowest BCUT2D eigenvalue weighted by atomic mass is 9.96. The summed E-state index contributed by atoms with van der Waals surface area (Å²) in [5.41, 5.74) is 0. The Bertz CT molecular complexity index is 1680. The Balaban J connectivity index is 1.36. The van der Waals surface area contributed by atoms with Crippen LogP contribution in [0, 0.1) is 0 Å². The van der Waals surface area contributed by atoms with Crippen LogP contribution in [0.25, 0.3) is 0 Å². The number of ether oxygens (including phenoxy) is 8. The van der Waals surface area contributed by atoms with Crippen LogP contribution in [0.5, 0.6) is 0 Å². The van der Waals surface area contributed by atoms with Crippen LogP contribution in [0.4, 0.5) is 0 Å². The number of nitrogens with zero attached hydrogens (tertiary/aromatic N) is 1. The van der Waals surface area contributed by atoms with Crippen molar-refractivity contribution in [3.05, 3.63) is 12.8 Å². The van der Waals surface area contributed by atoms with Crippen LogP contribution >= 0.6 is 0 Å². The van der Waals surface area contributed by atoms with Crippen molar-refractivity contribution >= 4 is 23.6 Å². The van der Waals surface area contributed by atoms with Crippen LogP contribution in [0.3, 0.4) is 0 Å². The lowest BCUT2D eigenvalue weighted by Gasteiger charge is -2.46. The molecule has 0 radical (unpaired) electrons. The molecule has 17 N–H and O–H groups in total. The van der Waals surface area contributed by atoms with E-state index in [0.29, 0.717) is 19.3 Å². The lowest BCUT2D eigenvalue weighted by Crippen LogP contribution is -2.65. The summed E-state index contributed by atoms with van der Waals surface area (Å²) in [5, 5.41) is 144. The highest BCUT2D eigenvalue weighted by atomic mass is 16.8. The monoisotopic (exact) mass is 1050 g/mol. The van der Waals surface area contributed by atoms with Crippen LogP contribution < -0.4 is 21.3 Å². The molecule has 4 amide bonds. The van der Waals surface area contributed by atoms with Crippen molar-refractivity contribution in [2.45, 2.75) is 155 Å². The second-order valence-electron chi connectivity index (χ2n) is 17.6. The normalized spacial score (nSPS) is 37.2. The molecule has 4 fully saturated rings. The van der Waals surface area contributed by atoms with Crippen molar-refractivity contribution in [2.24, 2.45) is 0 Å². The minimum atomic E-state index is -1.98. The molecule has 0 aromatic carbocycles. The second kappa shape index (κ2) is 30.3. The Hall–Kier alpha value is -3.26. The molecular weight excluding hydrogens is 974 g/mol. The highest BCUT2D eigenvalue weighted by molar-refractivity contribution is 5.84. The maximum Gasteiger partial charge on any atom is 0.234 e. The lowest BCUT2D eigenvalue weighted by molar-refractivity contribution is -0.366. The van der Waals surface area contributed by atoms with E-state index in [1.54, 1.807) is 0 Å². The summed E-state index contributed by atoms with van der Waals surface area (Å²) in [4.78, 5) is 52.0. The van der Waals surface area contributed by atoms with Gasteiger partial charge in [0.25, 0.3) is 0 Å². The van der Waals surface area contributed by atoms with Gasteiger partial charge in [-0.05, 0) is 26.0 Å². The smallest absolute Gasteiger partial charge is 0.234 e. The molecule has 0 saturated carbocycles. The number of nitrogens with one attached hydrogen (secondary N) is 4. The molecule has 30 heteroatoms. The number of aliphatic hydroxyl groups excluding tert-OH is 13. The van der Waals surface area contributed by atoms with Gasteiger partial charge in [-0.25, -0.2) is 0 Å². The molecule has 416 valence electrons. The van der Waals surface area contributed by atoms with Crippen molar-refractivity contribution < 1.29 is 123 Å². The first-order chi connectivity index (χ1) is 34.2. The summed E-state index contributed by atoms with van der Waals surface area (Å²) in [7, 11) is 0. The number of aliphatic hydroxyl groups is 13. The molecule has 4 rings (SSSR count). The molecule has 72 heavy (non-hydrogen) atoms. The zero-order valence-electron chi connectivity index (χ0n) is 39.6. The van der Waals surface area contributed by atoms with E-state index in [2.05, 4.69) is 27.8 Å². The molecule has 0 aliphatic carbocycles. The standard InChI is InChI=1S/C42H73N5O25/c1-3-43-23(50)7-5-4-6-8-44-24(51)13-47(14-25(52)45-9-11-65-39-34(61)31(58)27(54)19(2)68-39)15-26(53)46-10-12-66-41-37(64)38(72-42-36(63)33(60)29(56)21(17-49)70-42)30(57)22(71-41)18-67-40-35(62)32(59)28(55)20(16-48)69-40/h3,19-22,27-42,48-49,54-64H,1,4-18H2,2H3,(H,43,50)(H,44,51)(H,45,52)(H,46,53)/t19-,20+,21+,22+,27+,28+,29+,30+,31+,32-,33-,34-,35-,36-,37-,38-,39+,40-,41-,42+/m0/s1. The topological polar surface area (TPSA) is 456 Å². The number of hydrogen-bond acceptors (Lipinski definition) is 26. The van der Waals surface area contributed by atoms with Gasteiger partial charge in [-0.15, -0.1) is 0 Å². The number of carbonyl (C=O) groups is 4. The van der Waals surface area contributed by atoms with E-state index in [0.717, 1.165) is 0 Å². The van der Waals surface area contributed by atoms with Gasteiger partial charge < -0.3 is 126 Å². The van der Waals surface area contributed by atoms with E-state index in [1.165, 1.54) is 18.0 Å². The molecule has 4 heterocycles. The molecule has 4 aliphatic heterocycles. The van der Waals surface area contributed by atoms with Crippen LogP contribution in [-0.4, -0.2) is 290 Å². The van der Waals surface area contributed by atoms with Crippen LogP contribution in [0.1, 0.15) is 32.6 Å². The zero-order valence-corrected chi connectivity index (χ0v) is 39.6. The third-order valence-electron chi connectivity index (χ3n) is 12.0. The summed E-state index contributed by atoms with van der Waals surface area (Å²) in [6.07, 6.45) is -29.8. The number of amides is 4. The second-order valence-corrected chi connectivity index (χ2v) is 17.6. The van der Waals surface area contributed by atoms with Crippen LogP contribution in [0.2, 0.25) is 0 Å². The summed E-state index contributed by atoms with van der Waals surface area (Å²) in [6.45, 7) is 0.293. The quantitative estimate of drug-likeness (QED) is 0.0324. The summed E-state index contributed by atoms with van der Waals surface area (Å²) in [5.74, 6) is -2.10. The molecule has 0 aromatic heterocycles. The summed E-state index contributed by atoms with van der Waals surface area (Å²) >= 11 is 0. The SMILES string of the molecule is C=CNC(=O)CCCCCNC(=O)CN(CC(=O)NCCO[C@@H]1O[C@@H](C)[C@@H](O)[C@@H](O)[C@@H]1O)CC(=O)NCCO[C@H]1O[C@H](CO[C@H]2O[C@H](CO)[C@@H](O)[C@H](O)[C@@H]2O)[C@@H](O)[C@H](O[C@H]2O[C@H](CO)[C@@H](O)[C@H](O)[C@@H]2O)[C@@H]1O. The van der Waals surface area contributed by atoms with Gasteiger partial charge >= 0.3 is 0 Å². The van der Waals surface area contributed by atoms with Gasteiger partial charge in [0, 0.05) is 26.1 Å². The largest absolute Gasteiger partial charge is 0.394 e. The summed E-state index contributed by atoms with van der Waals surface area (Å²) < 4.78 is 44.2. The predicted octanol–water partition coefficient (Wildman–Crippen LogP) is -10.2. The maximum atomic E-state index is 13.2. The average Bonchev–Trinajstić information content (AvgIpc) is 3.34. The third-order valence-corrected chi connectivity index (χ3v) is 12.0. The van der Waals surface area contributed by atoms with Crippen molar-refractivity contribution in [1.82, 2.24) is 26.2 Å². The van der Waals surface area contributed by atoms with Gasteiger partial charge in [0.2, 0.25) is 23.6 Å². The van der Waals surface area contributed by atoms with Gasteiger partial charge in [0.1, 0.15) is 91.6 Å². The Kier molecular flexibility index (Phi) is 25.8. The van der Waals surface area contributed by atoms with Gasteiger partial charge in [-0.1, -0.05) is 13.0 Å². The van der Waals surface area contributed by atoms with Crippen molar-refractivity contribution in [3.8, 4) is 0 Å². The maximum absolute atomic E-state index is 13.2. The van der Waals surface area contributed by atoms with Gasteiger partial charge in [0.15, 0.2) is 25.2 Å². The molecule has 0 aromatic rings. The molecule has 0 spiro atoms. The Morgan fingerprint density at radius 1 is 0.514 bits per heavy atom.